The van der Waals surface area contributed by atoms with Crippen molar-refractivity contribution >= 4 is 24.3 Å². The zero-order chi connectivity index (χ0) is 12.5. The van der Waals surface area contributed by atoms with E-state index in [0.717, 1.165) is 10.5 Å². The van der Waals surface area contributed by atoms with Crippen molar-refractivity contribution < 1.29 is 14.3 Å². The molecule has 0 aliphatic carbocycles. The van der Waals surface area contributed by atoms with Crippen LogP contribution in [0.2, 0.25) is 0 Å². The molecule has 1 heterocycles. The number of nitrogens with two attached hydrogens (primary N) is 1. The van der Waals surface area contributed by atoms with Gasteiger partial charge in [0.2, 0.25) is 0 Å². The van der Waals surface area contributed by atoms with Crippen LogP contribution in [-0.2, 0) is 20.7 Å². The molecule has 0 atom stereocenters. The molecule has 1 aromatic rings. The first-order valence-corrected chi connectivity index (χ1v) is 5.76. The topological polar surface area (TPSA) is 61.5 Å². The number of hydrogen-bond donors (Lipinski definition) is 2. The molecule has 92 valence electrons. The van der Waals surface area contributed by atoms with E-state index < -0.39 is 5.41 Å². The Bertz CT molecular complexity index is 443. The molecule has 0 bridgehead atoms. The lowest BCUT2D eigenvalue weighted by molar-refractivity contribution is -0.182. The standard InChI is InChI=1S/C12H15NO3S/c1-15-11(14)12(6-16-7-12)5-8-2-3-9(13)10(17)4-8/h2-4,17H,5-7,13H2,1H3. The largest absolute Gasteiger partial charge is 0.468 e. The third-order valence-electron chi connectivity index (χ3n) is 3.01. The maximum Gasteiger partial charge on any atom is 0.316 e. The lowest BCUT2D eigenvalue weighted by Gasteiger charge is -2.38. The van der Waals surface area contributed by atoms with Gasteiger partial charge in [0.15, 0.2) is 0 Å². The zero-order valence-corrected chi connectivity index (χ0v) is 10.5. The van der Waals surface area contributed by atoms with Gasteiger partial charge in [0, 0.05) is 10.6 Å². The first-order chi connectivity index (χ1) is 8.07. The number of anilines is 1. The SMILES string of the molecule is COC(=O)C1(Cc2ccc(N)c(S)c2)COC1. The van der Waals surface area contributed by atoms with Crippen molar-refractivity contribution in [3.8, 4) is 0 Å². The third-order valence-corrected chi connectivity index (χ3v) is 3.40. The lowest BCUT2D eigenvalue weighted by Crippen LogP contribution is -2.51. The van der Waals surface area contributed by atoms with Gasteiger partial charge in [0.05, 0.1) is 20.3 Å². The normalized spacial score (nSPS) is 17.3. The number of thiol groups is 1. The summed E-state index contributed by atoms with van der Waals surface area (Å²) < 4.78 is 9.96. The van der Waals surface area contributed by atoms with Gasteiger partial charge in [-0.25, -0.2) is 0 Å². The molecule has 2 N–H and O–H groups in total. The van der Waals surface area contributed by atoms with Gasteiger partial charge in [-0.15, -0.1) is 12.6 Å². The number of nitrogen functional groups attached to an aromatic ring is 1. The van der Waals surface area contributed by atoms with E-state index in [2.05, 4.69) is 12.6 Å². The van der Waals surface area contributed by atoms with E-state index >= 15 is 0 Å². The van der Waals surface area contributed by atoms with Crippen LogP contribution in [0.5, 0.6) is 0 Å². The lowest BCUT2D eigenvalue weighted by atomic mass is 9.80. The van der Waals surface area contributed by atoms with Gasteiger partial charge in [-0.3, -0.25) is 4.79 Å². The number of rotatable bonds is 3. The molecule has 5 heteroatoms. The summed E-state index contributed by atoms with van der Waals surface area (Å²) in [6, 6.07) is 5.57. The molecule has 0 radical (unpaired) electrons. The van der Waals surface area contributed by atoms with Crippen molar-refractivity contribution in [2.45, 2.75) is 11.3 Å². The second kappa shape index (κ2) is 4.58. The molecule has 1 aromatic carbocycles. The van der Waals surface area contributed by atoms with Crippen LogP contribution in [0.4, 0.5) is 5.69 Å². The number of methoxy groups -OCH3 is 1. The zero-order valence-electron chi connectivity index (χ0n) is 9.60. The Morgan fingerprint density at radius 1 is 1.59 bits per heavy atom. The van der Waals surface area contributed by atoms with Crippen LogP contribution in [0.1, 0.15) is 5.56 Å². The Morgan fingerprint density at radius 3 is 2.76 bits per heavy atom. The van der Waals surface area contributed by atoms with Crippen LogP contribution < -0.4 is 5.73 Å². The minimum atomic E-state index is -0.537. The molecule has 0 spiro atoms. The summed E-state index contributed by atoms with van der Waals surface area (Å²) in [5.41, 5.74) is 6.80. The van der Waals surface area contributed by atoms with Crippen LogP contribution in [-0.4, -0.2) is 26.3 Å². The van der Waals surface area contributed by atoms with E-state index in [1.54, 1.807) is 6.07 Å². The predicted octanol–water partition coefficient (Wildman–Crippen LogP) is 1.29. The van der Waals surface area contributed by atoms with Gasteiger partial charge < -0.3 is 15.2 Å². The highest BCUT2D eigenvalue weighted by molar-refractivity contribution is 7.80. The van der Waals surface area contributed by atoms with E-state index in [1.807, 2.05) is 12.1 Å². The fraction of sp³-hybridized carbons (Fsp3) is 0.417. The minimum absolute atomic E-state index is 0.221. The summed E-state index contributed by atoms with van der Waals surface area (Å²) >= 11 is 4.27. The molecule has 1 aliphatic rings. The Balaban J connectivity index is 2.18. The smallest absolute Gasteiger partial charge is 0.316 e. The Morgan fingerprint density at radius 2 is 2.29 bits per heavy atom. The highest BCUT2D eigenvalue weighted by Gasteiger charge is 2.47. The number of hydrogen-bond acceptors (Lipinski definition) is 5. The average Bonchev–Trinajstić information content (AvgIpc) is 2.27. The second-order valence-corrected chi connectivity index (χ2v) is 4.82. The van der Waals surface area contributed by atoms with Crippen molar-refractivity contribution in [2.24, 2.45) is 5.41 Å². The maximum absolute atomic E-state index is 11.7. The number of benzene rings is 1. The highest BCUT2D eigenvalue weighted by Crippen LogP contribution is 2.34. The Labute approximate surface area is 105 Å². The van der Waals surface area contributed by atoms with Crippen LogP contribution in [0.25, 0.3) is 0 Å². The van der Waals surface area contributed by atoms with Gasteiger partial charge in [-0.1, -0.05) is 6.07 Å². The molecule has 4 nitrogen and oxygen atoms in total. The fourth-order valence-corrected chi connectivity index (χ4v) is 2.19. The molecule has 1 fully saturated rings. The molecule has 1 aliphatic heterocycles. The quantitative estimate of drug-likeness (QED) is 0.484. The van der Waals surface area contributed by atoms with Gasteiger partial charge in [-0.05, 0) is 24.1 Å². The molecular formula is C12H15NO3S. The monoisotopic (exact) mass is 253 g/mol. The molecule has 0 aromatic heterocycles. The van der Waals surface area contributed by atoms with E-state index in [4.69, 9.17) is 15.2 Å². The van der Waals surface area contributed by atoms with Crippen LogP contribution in [0, 0.1) is 5.41 Å². The van der Waals surface area contributed by atoms with E-state index in [1.165, 1.54) is 7.11 Å². The summed E-state index contributed by atoms with van der Waals surface area (Å²) in [7, 11) is 1.40. The molecule has 17 heavy (non-hydrogen) atoms. The van der Waals surface area contributed by atoms with Gasteiger partial charge in [0.25, 0.3) is 0 Å². The van der Waals surface area contributed by atoms with Crippen LogP contribution in [0.3, 0.4) is 0 Å². The fourth-order valence-electron chi connectivity index (χ4n) is 1.95. The third kappa shape index (κ3) is 2.25. The highest BCUT2D eigenvalue weighted by atomic mass is 32.1. The predicted molar refractivity (Wildman–Crippen MR) is 67.1 cm³/mol. The van der Waals surface area contributed by atoms with E-state index in [0.29, 0.717) is 25.3 Å². The van der Waals surface area contributed by atoms with Crippen molar-refractivity contribution in [1.82, 2.24) is 0 Å². The van der Waals surface area contributed by atoms with Gasteiger partial charge >= 0.3 is 5.97 Å². The Kier molecular flexibility index (Phi) is 3.31. The first kappa shape index (κ1) is 12.3. The van der Waals surface area contributed by atoms with Crippen molar-refractivity contribution in [2.75, 3.05) is 26.1 Å². The van der Waals surface area contributed by atoms with E-state index in [9.17, 15) is 4.79 Å². The van der Waals surface area contributed by atoms with E-state index in [-0.39, 0.29) is 5.97 Å². The van der Waals surface area contributed by atoms with Crippen molar-refractivity contribution in [3.63, 3.8) is 0 Å². The summed E-state index contributed by atoms with van der Waals surface area (Å²) in [5, 5.41) is 0. The molecule has 1 saturated heterocycles. The summed E-state index contributed by atoms with van der Waals surface area (Å²) in [6.07, 6.45) is 0.591. The summed E-state index contributed by atoms with van der Waals surface area (Å²) in [6.45, 7) is 0.817. The van der Waals surface area contributed by atoms with Crippen LogP contribution >= 0.6 is 12.6 Å². The van der Waals surface area contributed by atoms with Crippen LogP contribution in [0.15, 0.2) is 23.1 Å². The molecule has 2 rings (SSSR count). The summed E-state index contributed by atoms with van der Waals surface area (Å²) in [5.74, 6) is -0.221. The number of carbonyl (C=O) groups excluding carboxylic acids is 1. The number of ether oxygens (including phenoxy) is 2. The molecule has 0 unspecified atom stereocenters. The van der Waals surface area contributed by atoms with Crippen molar-refractivity contribution in [3.05, 3.63) is 23.8 Å². The second-order valence-electron chi connectivity index (χ2n) is 4.33. The molecule has 0 amide bonds. The van der Waals surface area contributed by atoms with Gasteiger partial charge in [0.1, 0.15) is 5.41 Å². The maximum atomic E-state index is 11.7. The average molecular weight is 253 g/mol. The first-order valence-electron chi connectivity index (χ1n) is 5.31. The summed E-state index contributed by atoms with van der Waals surface area (Å²) in [4.78, 5) is 12.5. The van der Waals surface area contributed by atoms with Gasteiger partial charge in [-0.2, -0.15) is 0 Å². The number of esters is 1. The minimum Gasteiger partial charge on any atom is -0.468 e. The Hall–Kier alpha value is -1.20. The number of carbonyl (C=O) groups is 1. The molecular weight excluding hydrogens is 238 g/mol. The molecule has 0 saturated carbocycles. The van der Waals surface area contributed by atoms with Crippen molar-refractivity contribution in [1.29, 1.82) is 0 Å².